The molecule has 28 heavy (non-hydrogen) atoms. The average Bonchev–Trinajstić information content (AvgIpc) is 2.96. The van der Waals surface area contributed by atoms with Gasteiger partial charge in [-0.15, -0.1) is 11.3 Å². The number of anilines is 1. The van der Waals surface area contributed by atoms with E-state index in [4.69, 9.17) is 4.74 Å². The quantitative estimate of drug-likeness (QED) is 0.480. The summed E-state index contributed by atoms with van der Waals surface area (Å²) in [6, 6.07) is 7.16. The van der Waals surface area contributed by atoms with Crippen molar-refractivity contribution in [2.75, 3.05) is 12.4 Å². The molecule has 2 heterocycles. The van der Waals surface area contributed by atoms with Crippen LogP contribution in [-0.2, 0) is 11.3 Å². The molecule has 0 bridgehead atoms. The molecule has 1 N–H and O–H groups in total. The van der Waals surface area contributed by atoms with Crippen molar-refractivity contribution in [2.24, 2.45) is 0 Å². The van der Waals surface area contributed by atoms with Crippen LogP contribution < -0.4 is 15.6 Å². The summed E-state index contributed by atoms with van der Waals surface area (Å²) in [6.07, 6.45) is 0. The molecular weight excluding hydrogens is 394 g/mol. The Morgan fingerprint density at radius 1 is 1.32 bits per heavy atom. The number of aromatic nitrogens is 2. The van der Waals surface area contributed by atoms with Crippen molar-refractivity contribution in [1.82, 2.24) is 9.55 Å². The van der Waals surface area contributed by atoms with Gasteiger partial charge >= 0.3 is 0 Å². The van der Waals surface area contributed by atoms with Crippen molar-refractivity contribution in [1.29, 1.82) is 0 Å². The van der Waals surface area contributed by atoms with E-state index < -0.39 is 5.25 Å². The molecule has 0 aliphatic carbocycles. The van der Waals surface area contributed by atoms with Crippen LogP contribution in [0.15, 0.2) is 34.2 Å². The molecular formula is C20H23N3O3S2. The Morgan fingerprint density at radius 3 is 2.61 bits per heavy atom. The number of fused-ring (bicyclic) bond motifs is 1. The zero-order chi connectivity index (χ0) is 20.4. The van der Waals surface area contributed by atoms with Crippen LogP contribution >= 0.6 is 23.1 Å². The number of nitrogens with zero attached hydrogens (tertiary/aromatic N) is 2. The van der Waals surface area contributed by atoms with Crippen LogP contribution in [0.25, 0.3) is 10.2 Å². The molecule has 6 nitrogen and oxygen atoms in total. The topological polar surface area (TPSA) is 73.2 Å². The minimum Gasteiger partial charge on any atom is -0.497 e. The first-order chi connectivity index (χ1) is 13.3. The molecule has 0 saturated heterocycles. The highest BCUT2D eigenvalue weighted by Gasteiger charge is 2.21. The Balaban J connectivity index is 1.84. The number of ether oxygens (including phenoxy) is 1. The van der Waals surface area contributed by atoms with Crippen LogP contribution in [0, 0.1) is 13.8 Å². The van der Waals surface area contributed by atoms with Crippen molar-refractivity contribution >= 4 is 44.9 Å². The van der Waals surface area contributed by atoms with Gasteiger partial charge in [-0.3, -0.25) is 14.2 Å². The molecule has 0 aliphatic rings. The Kier molecular flexibility index (Phi) is 6.10. The molecule has 1 amide bonds. The second kappa shape index (κ2) is 8.36. The fourth-order valence-corrected chi connectivity index (χ4v) is 4.85. The van der Waals surface area contributed by atoms with Gasteiger partial charge < -0.3 is 10.1 Å². The largest absolute Gasteiger partial charge is 0.497 e. The van der Waals surface area contributed by atoms with Crippen molar-refractivity contribution < 1.29 is 9.53 Å². The molecule has 0 radical (unpaired) electrons. The van der Waals surface area contributed by atoms with Gasteiger partial charge in [-0.2, -0.15) is 0 Å². The lowest BCUT2D eigenvalue weighted by atomic mass is 10.2. The molecule has 2 aromatic heterocycles. The number of aryl methyl sites for hydroxylation is 2. The number of nitrogens with one attached hydrogen (secondary N) is 1. The van der Waals surface area contributed by atoms with E-state index in [-0.39, 0.29) is 11.5 Å². The third-order valence-corrected chi connectivity index (χ3v) is 6.77. The summed E-state index contributed by atoms with van der Waals surface area (Å²) in [5.41, 5.74) is 1.64. The molecule has 0 spiro atoms. The standard InChI is InChI=1S/C20H23N3O3S2/c1-6-23-19(25)16-11(2)12(3)27-18(16)22-20(23)28-13(4)17(24)21-14-7-9-15(26-5)10-8-14/h7-10,13H,6H2,1-5H3,(H,21,24)/t13-/m0/s1. The molecule has 0 saturated carbocycles. The first kappa shape index (κ1) is 20.4. The molecule has 8 heteroatoms. The van der Waals surface area contributed by atoms with Gasteiger partial charge in [0, 0.05) is 17.1 Å². The van der Waals surface area contributed by atoms with Gasteiger partial charge in [-0.05, 0) is 57.5 Å². The SMILES string of the molecule is CCn1c(S[C@@H](C)C(=O)Nc2ccc(OC)cc2)nc2sc(C)c(C)c2c1=O. The van der Waals surface area contributed by atoms with Crippen molar-refractivity contribution in [3.05, 3.63) is 45.1 Å². The van der Waals surface area contributed by atoms with Crippen LogP contribution in [0.1, 0.15) is 24.3 Å². The lowest BCUT2D eigenvalue weighted by molar-refractivity contribution is -0.115. The molecule has 1 atom stereocenters. The molecule has 0 aliphatic heterocycles. The van der Waals surface area contributed by atoms with Crippen LogP contribution in [0.5, 0.6) is 5.75 Å². The van der Waals surface area contributed by atoms with E-state index in [9.17, 15) is 9.59 Å². The number of thiophene rings is 1. The van der Waals surface area contributed by atoms with E-state index in [0.717, 1.165) is 21.0 Å². The number of thioether (sulfide) groups is 1. The number of carbonyl (C=O) groups is 1. The van der Waals surface area contributed by atoms with E-state index in [1.807, 2.05) is 27.7 Å². The summed E-state index contributed by atoms with van der Waals surface area (Å²) in [4.78, 5) is 32.0. The number of benzene rings is 1. The second-order valence-electron chi connectivity index (χ2n) is 6.39. The van der Waals surface area contributed by atoms with Crippen molar-refractivity contribution in [3.63, 3.8) is 0 Å². The third-order valence-electron chi connectivity index (χ3n) is 4.58. The monoisotopic (exact) mass is 417 g/mol. The number of amides is 1. The summed E-state index contributed by atoms with van der Waals surface area (Å²) >= 11 is 2.81. The maximum atomic E-state index is 12.9. The predicted octanol–water partition coefficient (Wildman–Crippen LogP) is 4.22. The predicted molar refractivity (Wildman–Crippen MR) is 116 cm³/mol. The molecule has 1 aromatic carbocycles. The van der Waals surface area contributed by atoms with Crippen molar-refractivity contribution in [2.45, 2.75) is 44.6 Å². The summed E-state index contributed by atoms with van der Waals surface area (Å²) in [5.74, 6) is 0.581. The van der Waals surface area contributed by atoms with Crippen LogP contribution in [0.2, 0.25) is 0 Å². The third kappa shape index (κ3) is 3.93. The van der Waals surface area contributed by atoms with Crippen LogP contribution in [0.4, 0.5) is 5.69 Å². The van der Waals surface area contributed by atoms with Gasteiger partial charge in [-0.1, -0.05) is 11.8 Å². The lowest BCUT2D eigenvalue weighted by Gasteiger charge is -2.15. The smallest absolute Gasteiger partial charge is 0.263 e. The minimum atomic E-state index is -0.411. The van der Waals surface area contributed by atoms with E-state index in [1.54, 1.807) is 35.9 Å². The summed E-state index contributed by atoms with van der Waals surface area (Å²) in [7, 11) is 1.60. The molecule has 0 fully saturated rings. The Hall–Kier alpha value is -2.32. The fourth-order valence-electron chi connectivity index (χ4n) is 2.81. The maximum absolute atomic E-state index is 12.9. The number of hydrogen-bond acceptors (Lipinski definition) is 6. The summed E-state index contributed by atoms with van der Waals surface area (Å²) in [6.45, 7) is 8.18. The van der Waals surface area contributed by atoms with E-state index >= 15 is 0 Å². The number of carbonyl (C=O) groups excluding carboxylic acids is 1. The lowest BCUT2D eigenvalue weighted by Crippen LogP contribution is -2.26. The number of hydrogen-bond donors (Lipinski definition) is 1. The maximum Gasteiger partial charge on any atom is 0.263 e. The Morgan fingerprint density at radius 2 is 2.00 bits per heavy atom. The van der Waals surface area contributed by atoms with Crippen LogP contribution in [0.3, 0.4) is 0 Å². The van der Waals surface area contributed by atoms with Gasteiger partial charge in [0.2, 0.25) is 5.91 Å². The molecule has 3 rings (SSSR count). The van der Waals surface area contributed by atoms with Crippen LogP contribution in [-0.4, -0.2) is 27.8 Å². The van der Waals surface area contributed by atoms with Gasteiger partial charge in [0.1, 0.15) is 10.6 Å². The van der Waals surface area contributed by atoms with E-state index in [0.29, 0.717) is 22.8 Å². The summed E-state index contributed by atoms with van der Waals surface area (Å²) in [5, 5.41) is 3.73. The highest BCUT2D eigenvalue weighted by molar-refractivity contribution is 8.00. The number of rotatable bonds is 6. The van der Waals surface area contributed by atoms with Gasteiger partial charge in [0.25, 0.3) is 5.56 Å². The molecule has 148 valence electrons. The van der Waals surface area contributed by atoms with E-state index in [2.05, 4.69) is 10.3 Å². The Bertz CT molecular complexity index is 1070. The first-order valence-electron chi connectivity index (χ1n) is 8.97. The van der Waals surface area contributed by atoms with Gasteiger partial charge in [0.05, 0.1) is 17.7 Å². The zero-order valence-electron chi connectivity index (χ0n) is 16.5. The van der Waals surface area contributed by atoms with Gasteiger partial charge in [-0.25, -0.2) is 4.98 Å². The zero-order valence-corrected chi connectivity index (χ0v) is 18.2. The highest BCUT2D eigenvalue weighted by atomic mass is 32.2. The minimum absolute atomic E-state index is 0.0420. The summed E-state index contributed by atoms with van der Waals surface area (Å²) < 4.78 is 6.77. The average molecular weight is 418 g/mol. The first-order valence-corrected chi connectivity index (χ1v) is 10.7. The van der Waals surface area contributed by atoms with Crippen molar-refractivity contribution in [3.8, 4) is 5.75 Å². The van der Waals surface area contributed by atoms with Gasteiger partial charge in [0.15, 0.2) is 5.16 Å². The Labute approximate surface area is 171 Å². The molecule has 0 unspecified atom stereocenters. The highest BCUT2D eigenvalue weighted by Crippen LogP contribution is 2.30. The second-order valence-corrected chi connectivity index (χ2v) is 8.90. The van der Waals surface area contributed by atoms with E-state index in [1.165, 1.54) is 23.1 Å². The molecule has 3 aromatic rings. The number of methoxy groups -OCH3 is 1. The normalized spacial score (nSPS) is 12.2. The fraction of sp³-hybridized carbons (Fsp3) is 0.350.